The summed E-state index contributed by atoms with van der Waals surface area (Å²) >= 11 is 0. The van der Waals surface area contributed by atoms with E-state index in [1.807, 2.05) is 0 Å². The Labute approximate surface area is 87.3 Å². The van der Waals surface area contributed by atoms with Gasteiger partial charge >= 0.3 is 0 Å². The third-order valence-electron chi connectivity index (χ3n) is 3.14. The van der Waals surface area contributed by atoms with Crippen molar-refractivity contribution < 1.29 is 0 Å². The van der Waals surface area contributed by atoms with Crippen LogP contribution >= 0.6 is 0 Å². The Morgan fingerprint density at radius 2 is 1.86 bits per heavy atom. The first-order valence-electron chi connectivity index (χ1n) is 5.33. The Hall–Kier alpha value is -0.820. The Kier molecular flexibility index (Phi) is 3.70. The third-order valence-corrected chi connectivity index (χ3v) is 3.14. The Morgan fingerprint density at radius 1 is 1.21 bits per heavy atom. The fourth-order valence-electron chi connectivity index (χ4n) is 1.85. The molecule has 0 heterocycles. The predicted octanol–water partition coefficient (Wildman–Crippen LogP) is 3.00. The van der Waals surface area contributed by atoms with E-state index in [4.69, 9.17) is 5.73 Å². The highest BCUT2D eigenvalue weighted by molar-refractivity contribution is 5.33. The number of hydrogen-bond acceptors (Lipinski definition) is 1. The molecule has 2 atom stereocenters. The van der Waals surface area contributed by atoms with E-state index in [-0.39, 0.29) is 0 Å². The van der Waals surface area contributed by atoms with Gasteiger partial charge in [-0.25, -0.2) is 0 Å². The Bertz CT molecular complexity index is 304. The van der Waals surface area contributed by atoms with Crippen LogP contribution in [0.25, 0.3) is 0 Å². The first kappa shape index (κ1) is 11.3. The van der Waals surface area contributed by atoms with Crippen molar-refractivity contribution in [2.45, 2.75) is 33.6 Å². The van der Waals surface area contributed by atoms with E-state index in [2.05, 4.69) is 45.9 Å². The molecule has 0 amide bonds. The molecule has 0 aliphatic carbocycles. The number of aryl methyl sites for hydroxylation is 2. The van der Waals surface area contributed by atoms with Crippen molar-refractivity contribution in [3.8, 4) is 0 Å². The lowest BCUT2D eigenvalue weighted by molar-refractivity contribution is 0.497. The largest absolute Gasteiger partial charge is 0.330 e. The third kappa shape index (κ3) is 2.36. The SMILES string of the molecule is Cc1ccc(C(C)C(C)CN)c(C)c1. The van der Waals surface area contributed by atoms with Crippen LogP contribution in [0.5, 0.6) is 0 Å². The topological polar surface area (TPSA) is 26.0 Å². The lowest BCUT2D eigenvalue weighted by atomic mass is 9.86. The molecule has 78 valence electrons. The summed E-state index contributed by atoms with van der Waals surface area (Å²) in [5, 5.41) is 0. The molecule has 0 spiro atoms. The van der Waals surface area contributed by atoms with Crippen LogP contribution in [-0.4, -0.2) is 6.54 Å². The van der Waals surface area contributed by atoms with Gasteiger partial charge in [-0.1, -0.05) is 37.6 Å². The Balaban J connectivity index is 2.95. The van der Waals surface area contributed by atoms with Crippen LogP contribution in [0.15, 0.2) is 18.2 Å². The molecule has 1 aromatic carbocycles. The molecule has 2 N–H and O–H groups in total. The average Bonchev–Trinajstić information content (AvgIpc) is 2.15. The zero-order valence-electron chi connectivity index (χ0n) is 9.67. The van der Waals surface area contributed by atoms with Gasteiger partial charge in [0.1, 0.15) is 0 Å². The van der Waals surface area contributed by atoms with Gasteiger partial charge < -0.3 is 5.73 Å². The predicted molar refractivity (Wildman–Crippen MR) is 62.5 cm³/mol. The first-order valence-corrected chi connectivity index (χ1v) is 5.33. The molecule has 1 aromatic rings. The van der Waals surface area contributed by atoms with E-state index in [1.54, 1.807) is 0 Å². The number of hydrogen-bond donors (Lipinski definition) is 1. The van der Waals surface area contributed by atoms with Crippen LogP contribution in [0.4, 0.5) is 0 Å². The lowest BCUT2D eigenvalue weighted by Crippen LogP contribution is -2.17. The molecular weight excluding hydrogens is 170 g/mol. The molecule has 0 saturated carbocycles. The minimum absolute atomic E-state index is 0.552. The normalized spacial score (nSPS) is 15.2. The van der Waals surface area contributed by atoms with Crippen molar-refractivity contribution >= 4 is 0 Å². The highest BCUT2D eigenvalue weighted by atomic mass is 14.5. The highest BCUT2D eigenvalue weighted by Gasteiger charge is 2.14. The fourth-order valence-corrected chi connectivity index (χ4v) is 1.85. The number of nitrogens with two attached hydrogens (primary N) is 1. The van der Waals surface area contributed by atoms with Gasteiger partial charge in [0.25, 0.3) is 0 Å². The van der Waals surface area contributed by atoms with Crippen LogP contribution in [0.1, 0.15) is 36.5 Å². The second-order valence-electron chi connectivity index (χ2n) is 4.36. The van der Waals surface area contributed by atoms with Gasteiger partial charge in [-0.15, -0.1) is 0 Å². The maximum Gasteiger partial charge on any atom is -0.00458 e. The summed E-state index contributed by atoms with van der Waals surface area (Å²) in [5.41, 5.74) is 9.85. The summed E-state index contributed by atoms with van der Waals surface area (Å²) < 4.78 is 0. The van der Waals surface area contributed by atoms with Crippen LogP contribution in [0, 0.1) is 19.8 Å². The molecular formula is C13H21N. The van der Waals surface area contributed by atoms with Gasteiger partial charge in [0.2, 0.25) is 0 Å². The highest BCUT2D eigenvalue weighted by Crippen LogP contribution is 2.26. The fraction of sp³-hybridized carbons (Fsp3) is 0.538. The summed E-state index contributed by atoms with van der Waals surface area (Å²) in [7, 11) is 0. The molecule has 0 aromatic heterocycles. The minimum Gasteiger partial charge on any atom is -0.330 e. The van der Waals surface area contributed by atoms with Crippen molar-refractivity contribution in [3.63, 3.8) is 0 Å². The maximum absolute atomic E-state index is 5.69. The van der Waals surface area contributed by atoms with Crippen LogP contribution < -0.4 is 5.73 Å². The van der Waals surface area contributed by atoms with Crippen LogP contribution in [-0.2, 0) is 0 Å². The van der Waals surface area contributed by atoms with Crippen LogP contribution in [0.3, 0.4) is 0 Å². The van der Waals surface area contributed by atoms with Gasteiger partial charge in [0.05, 0.1) is 0 Å². The molecule has 0 aliphatic rings. The average molecular weight is 191 g/mol. The van der Waals surface area contributed by atoms with Gasteiger partial charge in [-0.05, 0) is 43.4 Å². The standard InChI is InChI=1S/C13H21N/c1-9-5-6-13(10(2)7-9)12(4)11(3)8-14/h5-7,11-12H,8,14H2,1-4H3. The smallest absolute Gasteiger partial charge is 0.00458 e. The van der Waals surface area contributed by atoms with Crippen molar-refractivity contribution in [1.29, 1.82) is 0 Å². The first-order chi connectivity index (χ1) is 6.56. The minimum atomic E-state index is 0.552. The summed E-state index contributed by atoms with van der Waals surface area (Å²) in [5.74, 6) is 1.11. The van der Waals surface area contributed by atoms with Crippen molar-refractivity contribution in [3.05, 3.63) is 34.9 Å². The molecule has 0 saturated heterocycles. The molecule has 1 nitrogen and oxygen atoms in total. The van der Waals surface area contributed by atoms with E-state index in [0.29, 0.717) is 11.8 Å². The number of benzene rings is 1. The molecule has 0 aliphatic heterocycles. The van der Waals surface area contributed by atoms with Crippen molar-refractivity contribution in [2.75, 3.05) is 6.54 Å². The van der Waals surface area contributed by atoms with Gasteiger partial charge in [0.15, 0.2) is 0 Å². The zero-order valence-corrected chi connectivity index (χ0v) is 9.67. The van der Waals surface area contributed by atoms with E-state index in [1.165, 1.54) is 16.7 Å². The maximum atomic E-state index is 5.69. The summed E-state index contributed by atoms with van der Waals surface area (Å²) in [6.45, 7) is 9.55. The molecule has 0 radical (unpaired) electrons. The molecule has 1 heteroatoms. The quantitative estimate of drug-likeness (QED) is 0.781. The molecule has 0 bridgehead atoms. The van der Waals surface area contributed by atoms with Gasteiger partial charge in [-0.3, -0.25) is 0 Å². The van der Waals surface area contributed by atoms with E-state index in [9.17, 15) is 0 Å². The Morgan fingerprint density at radius 3 is 2.36 bits per heavy atom. The zero-order chi connectivity index (χ0) is 10.7. The number of rotatable bonds is 3. The van der Waals surface area contributed by atoms with E-state index in [0.717, 1.165) is 6.54 Å². The molecule has 1 rings (SSSR count). The molecule has 2 unspecified atom stereocenters. The van der Waals surface area contributed by atoms with Crippen molar-refractivity contribution in [1.82, 2.24) is 0 Å². The van der Waals surface area contributed by atoms with Crippen LogP contribution in [0.2, 0.25) is 0 Å². The van der Waals surface area contributed by atoms with Gasteiger partial charge in [0, 0.05) is 0 Å². The van der Waals surface area contributed by atoms with Crippen molar-refractivity contribution in [2.24, 2.45) is 11.7 Å². The molecule has 0 fully saturated rings. The van der Waals surface area contributed by atoms with E-state index < -0.39 is 0 Å². The lowest BCUT2D eigenvalue weighted by Gasteiger charge is -2.20. The van der Waals surface area contributed by atoms with Gasteiger partial charge in [-0.2, -0.15) is 0 Å². The summed E-state index contributed by atoms with van der Waals surface area (Å²) in [6.07, 6.45) is 0. The molecule has 14 heavy (non-hydrogen) atoms. The second-order valence-corrected chi connectivity index (χ2v) is 4.36. The second kappa shape index (κ2) is 4.61. The summed E-state index contributed by atoms with van der Waals surface area (Å²) in [4.78, 5) is 0. The summed E-state index contributed by atoms with van der Waals surface area (Å²) in [6, 6.07) is 6.67. The van der Waals surface area contributed by atoms with E-state index >= 15 is 0 Å². The monoisotopic (exact) mass is 191 g/mol.